The van der Waals surface area contributed by atoms with Gasteiger partial charge in [0.1, 0.15) is 5.76 Å². The van der Waals surface area contributed by atoms with Gasteiger partial charge >= 0.3 is 0 Å². The van der Waals surface area contributed by atoms with Gasteiger partial charge in [-0.15, -0.1) is 0 Å². The summed E-state index contributed by atoms with van der Waals surface area (Å²) in [5.74, 6) is 0.666. The predicted molar refractivity (Wildman–Crippen MR) is 77.4 cm³/mol. The maximum atomic E-state index is 12.6. The standard InChI is InChI=1S/C14H22N2O4S/c1-11-10-16(7-2-8-19-11)21(17,18)14-6-5-13(20-14)9-15-12-3-4-12/h5-6,11-12,15H,2-4,7-10H2,1H3. The molecule has 2 heterocycles. The minimum atomic E-state index is -3.56. The number of rotatable bonds is 5. The molecule has 1 aromatic rings. The lowest BCUT2D eigenvalue weighted by Crippen LogP contribution is -2.35. The van der Waals surface area contributed by atoms with Crippen molar-refractivity contribution in [2.24, 2.45) is 0 Å². The van der Waals surface area contributed by atoms with Crippen molar-refractivity contribution in [2.45, 2.75) is 50.0 Å². The lowest BCUT2D eigenvalue weighted by molar-refractivity contribution is 0.0751. The van der Waals surface area contributed by atoms with Crippen molar-refractivity contribution in [3.05, 3.63) is 17.9 Å². The summed E-state index contributed by atoms with van der Waals surface area (Å²) in [7, 11) is -3.56. The van der Waals surface area contributed by atoms with Crippen LogP contribution in [0.1, 0.15) is 31.9 Å². The van der Waals surface area contributed by atoms with Crippen molar-refractivity contribution < 1.29 is 17.6 Å². The number of ether oxygens (including phenoxy) is 1. The molecule has 1 aliphatic carbocycles. The number of hydrogen-bond donors (Lipinski definition) is 1. The molecule has 1 unspecified atom stereocenters. The Morgan fingerprint density at radius 3 is 2.95 bits per heavy atom. The third-order valence-electron chi connectivity index (χ3n) is 3.79. The van der Waals surface area contributed by atoms with Crippen molar-refractivity contribution in [3.63, 3.8) is 0 Å². The van der Waals surface area contributed by atoms with Gasteiger partial charge < -0.3 is 14.5 Å². The molecule has 2 fully saturated rings. The lowest BCUT2D eigenvalue weighted by Gasteiger charge is -2.20. The third-order valence-corrected chi connectivity index (χ3v) is 5.53. The highest BCUT2D eigenvalue weighted by Gasteiger charge is 2.30. The Balaban J connectivity index is 1.70. The highest BCUT2D eigenvalue weighted by Crippen LogP contribution is 2.23. The molecular formula is C14H22N2O4S. The van der Waals surface area contributed by atoms with Gasteiger partial charge in [0.05, 0.1) is 12.6 Å². The second kappa shape index (κ2) is 6.08. The van der Waals surface area contributed by atoms with E-state index in [0.717, 1.165) is 0 Å². The van der Waals surface area contributed by atoms with E-state index in [1.54, 1.807) is 12.1 Å². The predicted octanol–water partition coefficient (Wildman–Crippen LogP) is 1.33. The molecule has 2 aliphatic rings. The summed E-state index contributed by atoms with van der Waals surface area (Å²) in [6.07, 6.45) is 3.00. The molecule has 1 saturated carbocycles. The van der Waals surface area contributed by atoms with Gasteiger partial charge in [-0.3, -0.25) is 0 Å². The first-order chi connectivity index (χ1) is 10.1. The molecule has 1 N–H and O–H groups in total. The van der Waals surface area contributed by atoms with Crippen molar-refractivity contribution in [3.8, 4) is 0 Å². The fraction of sp³-hybridized carbons (Fsp3) is 0.714. The van der Waals surface area contributed by atoms with Crippen LogP contribution in [0.15, 0.2) is 21.6 Å². The zero-order chi connectivity index (χ0) is 14.9. The minimum absolute atomic E-state index is 0.0317. The first-order valence-electron chi connectivity index (χ1n) is 7.49. The summed E-state index contributed by atoms with van der Waals surface area (Å²) in [4.78, 5) is 0. The van der Waals surface area contributed by atoms with Gasteiger partial charge in [0.25, 0.3) is 10.0 Å². The normalized spacial score (nSPS) is 24.9. The zero-order valence-corrected chi connectivity index (χ0v) is 13.1. The van der Waals surface area contributed by atoms with Crippen LogP contribution in [0, 0.1) is 0 Å². The lowest BCUT2D eigenvalue weighted by atomic mass is 10.4. The minimum Gasteiger partial charge on any atom is -0.447 e. The maximum Gasteiger partial charge on any atom is 0.276 e. The average molecular weight is 314 g/mol. The van der Waals surface area contributed by atoms with E-state index in [9.17, 15) is 8.42 Å². The van der Waals surface area contributed by atoms with Crippen LogP contribution in [0.3, 0.4) is 0 Å². The van der Waals surface area contributed by atoms with E-state index in [-0.39, 0.29) is 11.2 Å². The van der Waals surface area contributed by atoms with Gasteiger partial charge in [0.2, 0.25) is 5.09 Å². The van der Waals surface area contributed by atoms with Crippen LogP contribution in [0.5, 0.6) is 0 Å². The maximum absolute atomic E-state index is 12.6. The van der Waals surface area contributed by atoms with Crippen molar-refractivity contribution in [1.29, 1.82) is 0 Å². The molecule has 6 nitrogen and oxygen atoms in total. The Bertz CT molecular complexity index is 580. The van der Waals surface area contributed by atoms with Crippen molar-refractivity contribution in [1.82, 2.24) is 9.62 Å². The largest absolute Gasteiger partial charge is 0.447 e. The topological polar surface area (TPSA) is 71.8 Å². The second-order valence-corrected chi connectivity index (χ2v) is 7.64. The van der Waals surface area contributed by atoms with E-state index >= 15 is 0 Å². The number of furan rings is 1. The van der Waals surface area contributed by atoms with E-state index in [1.165, 1.54) is 17.1 Å². The molecule has 0 aromatic carbocycles. The molecule has 1 saturated heterocycles. The first-order valence-corrected chi connectivity index (χ1v) is 8.93. The molecule has 0 spiro atoms. The van der Waals surface area contributed by atoms with Crippen LogP contribution < -0.4 is 5.32 Å². The molecular weight excluding hydrogens is 292 g/mol. The SMILES string of the molecule is CC1CN(S(=O)(=O)c2ccc(CNC3CC3)o2)CCCO1. The summed E-state index contributed by atoms with van der Waals surface area (Å²) in [6, 6.07) is 3.86. The molecule has 0 bridgehead atoms. The van der Waals surface area contributed by atoms with Gasteiger partial charge in [0.15, 0.2) is 0 Å². The highest BCUT2D eigenvalue weighted by atomic mass is 32.2. The van der Waals surface area contributed by atoms with Crippen LogP contribution in [0.2, 0.25) is 0 Å². The van der Waals surface area contributed by atoms with E-state index in [4.69, 9.17) is 9.15 Å². The summed E-state index contributed by atoms with van der Waals surface area (Å²) in [6.45, 7) is 3.92. The van der Waals surface area contributed by atoms with Crippen LogP contribution in [0.4, 0.5) is 0 Å². The van der Waals surface area contributed by atoms with Crippen LogP contribution in [0.25, 0.3) is 0 Å². The summed E-state index contributed by atoms with van der Waals surface area (Å²) in [5.41, 5.74) is 0. The Labute approximate surface area is 125 Å². The number of sulfonamides is 1. The third kappa shape index (κ3) is 3.66. The molecule has 0 radical (unpaired) electrons. The van der Waals surface area contributed by atoms with Gasteiger partial charge in [0, 0.05) is 25.7 Å². The molecule has 1 aliphatic heterocycles. The van der Waals surface area contributed by atoms with Crippen molar-refractivity contribution in [2.75, 3.05) is 19.7 Å². The Morgan fingerprint density at radius 1 is 1.38 bits per heavy atom. The number of nitrogens with one attached hydrogen (secondary N) is 1. The van der Waals surface area contributed by atoms with Gasteiger partial charge in [-0.1, -0.05) is 0 Å². The average Bonchev–Trinajstić information content (AvgIpc) is 3.19. The fourth-order valence-electron chi connectivity index (χ4n) is 2.43. The molecule has 0 amide bonds. The van der Waals surface area contributed by atoms with Gasteiger partial charge in [-0.25, -0.2) is 8.42 Å². The summed E-state index contributed by atoms with van der Waals surface area (Å²) in [5, 5.41) is 3.34. The van der Waals surface area contributed by atoms with Crippen LogP contribution >= 0.6 is 0 Å². The molecule has 7 heteroatoms. The van der Waals surface area contributed by atoms with Crippen molar-refractivity contribution >= 4 is 10.0 Å². The van der Waals surface area contributed by atoms with Gasteiger partial charge in [-0.05, 0) is 38.3 Å². The smallest absolute Gasteiger partial charge is 0.276 e. The van der Waals surface area contributed by atoms with Crippen LogP contribution in [-0.2, 0) is 21.3 Å². The Hall–Kier alpha value is -0.890. The molecule has 1 atom stereocenters. The Kier molecular flexibility index (Phi) is 4.35. The summed E-state index contributed by atoms with van der Waals surface area (Å²) < 4.78 is 37.7. The zero-order valence-electron chi connectivity index (χ0n) is 12.2. The molecule has 1 aromatic heterocycles. The van der Waals surface area contributed by atoms with Gasteiger partial charge in [-0.2, -0.15) is 4.31 Å². The first kappa shape index (κ1) is 15.0. The monoisotopic (exact) mass is 314 g/mol. The molecule has 3 rings (SSSR count). The van der Waals surface area contributed by atoms with Crippen LogP contribution in [-0.4, -0.2) is 44.6 Å². The molecule has 21 heavy (non-hydrogen) atoms. The van der Waals surface area contributed by atoms with E-state index < -0.39 is 10.0 Å². The molecule has 118 valence electrons. The highest BCUT2D eigenvalue weighted by molar-refractivity contribution is 7.89. The van der Waals surface area contributed by atoms with E-state index in [1.807, 2.05) is 6.92 Å². The number of hydrogen-bond acceptors (Lipinski definition) is 5. The van der Waals surface area contributed by atoms with E-state index in [0.29, 0.717) is 44.5 Å². The second-order valence-electron chi connectivity index (χ2n) is 5.77. The quantitative estimate of drug-likeness (QED) is 0.888. The summed E-state index contributed by atoms with van der Waals surface area (Å²) >= 11 is 0. The Morgan fingerprint density at radius 2 is 2.19 bits per heavy atom. The fourth-order valence-corrected chi connectivity index (χ4v) is 3.91. The number of nitrogens with zero attached hydrogens (tertiary/aromatic N) is 1. The van der Waals surface area contributed by atoms with E-state index in [2.05, 4.69) is 5.32 Å².